The second-order valence-electron chi connectivity index (χ2n) is 6.27. The van der Waals surface area contributed by atoms with Crippen LogP contribution in [0.1, 0.15) is 16.1 Å². The van der Waals surface area contributed by atoms with Gasteiger partial charge in [-0.25, -0.2) is 4.79 Å². The van der Waals surface area contributed by atoms with Crippen molar-refractivity contribution in [2.45, 2.75) is 0 Å². The number of esters is 1. The molecule has 0 atom stereocenters. The zero-order valence-corrected chi connectivity index (χ0v) is 18.0. The highest BCUT2D eigenvalue weighted by atomic mass is 35.5. The summed E-state index contributed by atoms with van der Waals surface area (Å²) in [6.45, 7) is 0. The molecule has 1 amide bonds. The number of methoxy groups -OCH3 is 1. The van der Waals surface area contributed by atoms with E-state index in [1.165, 1.54) is 23.8 Å². The first-order valence-corrected chi connectivity index (χ1v) is 10.4. The van der Waals surface area contributed by atoms with E-state index in [1.54, 1.807) is 66.7 Å². The van der Waals surface area contributed by atoms with Crippen LogP contribution in [0.15, 0.2) is 70.0 Å². The van der Waals surface area contributed by atoms with Crippen LogP contribution in [-0.2, 0) is 9.53 Å². The molecule has 0 aliphatic carbocycles. The fourth-order valence-electron chi connectivity index (χ4n) is 2.91. The zero-order chi connectivity index (χ0) is 21.3. The van der Waals surface area contributed by atoms with Crippen molar-refractivity contribution in [1.82, 2.24) is 0 Å². The SMILES string of the molecule is COC(=O)c1ccc(-c2ccc(C=C3SC(=S)N(c4cccc(Cl)c4)C3=O)o2)cc1. The molecule has 5 nitrogen and oxygen atoms in total. The standard InChI is InChI=1S/C22H14ClNO4S2/c1-27-21(26)14-7-5-13(6-8-14)18-10-9-17(28-18)12-19-20(25)24(22(29)30-19)16-4-2-3-15(23)11-16/h2-12H,1H3. The molecule has 4 rings (SSSR count). The maximum Gasteiger partial charge on any atom is 0.337 e. The highest BCUT2D eigenvalue weighted by Crippen LogP contribution is 2.37. The van der Waals surface area contributed by atoms with Crippen LogP contribution >= 0.6 is 35.6 Å². The molecule has 1 saturated heterocycles. The molecule has 1 aliphatic heterocycles. The molecule has 30 heavy (non-hydrogen) atoms. The van der Waals surface area contributed by atoms with Crippen molar-refractivity contribution in [3.05, 3.63) is 81.9 Å². The molecule has 1 aromatic heterocycles. The molecular formula is C22H14ClNO4S2. The van der Waals surface area contributed by atoms with E-state index in [1.807, 2.05) is 0 Å². The lowest BCUT2D eigenvalue weighted by Gasteiger charge is -2.14. The summed E-state index contributed by atoms with van der Waals surface area (Å²) >= 11 is 12.6. The van der Waals surface area contributed by atoms with Gasteiger partial charge < -0.3 is 9.15 Å². The number of thiocarbonyl (C=S) groups is 1. The van der Waals surface area contributed by atoms with Gasteiger partial charge in [0.15, 0.2) is 4.32 Å². The zero-order valence-electron chi connectivity index (χ0n) is 15.6. The van der Waals surface area contributed by atoms with Crippen molar-refractivity contribution in [3.63, 3.8) is 0 Å². The fraction of sp³-hybridized carbons (Fsp3) is 0.0455. The lowest BCUT2D eigenvalue weighted by Crippen LogP contribution is -2.27. The average Bonchev–Trinajstić information content (AvgIpc) is 3.32. The van der Waals surface area contributed by atoms with Gasteiger partial charge in [-0.1, -0.05) is 53.8 Å². The largest absolute Gasteiger partial charge is 0.465 e. The third-order valence-electron chi connectivity index (χ3n) is 4.35. The molecule has 0 bridgehead atoms. The maximum absolute atomic E-state index is 12.9. The predicted molar refractivity (Wildman–Crippen MR) is 123 cm³/mol. The Bertz CT molecular complexity index is 1180. The fourth-order valence-corrected chi connectivity index (χ4v) is 4.37. The minimum atomic E-state index is -0.400. The molecule has 1 fully saturated rings. The van der Waals surface area contributed by atoms with Crippen LogP contribution in [0.3, 0.4) is 0 Å². The molecule has 2 heterocycles. The van der Waals surface area contributed by atoms with Gasteiger partial charge in [0.25, 0.3) is 5.91 Å². The number of benzene rings is 2. The van der Waals surface area contributed by atoms with Gasteiger partial charge in [-0.05, 0) is 42.5 Å². The van der Waals surface area contributed by atoms with Crippen LogP contribution in [0.25, 0.3) is 17.4 Å². The van der Waals surface area contributed by atoms with E-state index in [0.29, 0.717) is 37.0 Å². The Balaban J connectivity index is 1.56. The number of hydrogen-bond donors (Lipinski definition) is 0. The van der Waals surface area contributed by atoms with Gasteiger partial charge in [0.2, 0.25) is 0 Å². The highest BCUT2D eigenvalue weighted by Gasteiger charge is 2.33. The molecular weight excluding hydrogens is 442 g/mol. The molecule has 8 heteroatoms. The van der Waals surface area contributed by atoms with Crippen LogP contribution in [0.5, 0.6) is 0 Å². The molecule has 0 spiro atoms. The number of carbonyl (C=O) groups excluding carboxylic acids is 2. The van der Waals surface area contributed by atoms with Crippen molar-refractivity contribution in [3.8, 4) is 11.3 Å². The Morgan fingerprint density at radius 1 is 1.17 bits per heavy atom. The minimum Gasteiger partial charge on any atom is -0.465 e. The Labute approximate surface area is 187 Å². The van der Waals surface area contributed by atoms with Crippen LogP contribution < -0.4 is 4.90 Å². The number of amides is 1. The number of nitrogens with zero attached hydrogens (tertiary/aromatic N) is 1. The number of hydrogen-bond acceptors (Lipinski definition) is 6. The van der Waals surface area contributed by atoms with E-state index >= 15 is 0 Å². The Morgan fingerprint density at radius 2 is 1.93 bits per heavy atom. The van der Waals surface area contributed by atoms with Crippen molar-refractivity contribution in [1.29, 1.82) is 0 Å². The second kappa shape index (κ2) is 8.47. The Morgan fingerprint density at radius 3 is 2.63 bits per heavy atom. The molecule has 1 aliphatic rings. The van der Waals surface area contributed by atoms with Gasteiger partial charge in [-0.15, -0.1) is 0 Å². The van der Waals surface area contributed by atoms with Gasteiger partial charge in [0.1, 0.15) is 11.5 Å². The summed E-state index contributed by atoms with van der Waals surface area (Å²) in [5, 5.41) is 0.527. The first-order valence-electron chi connectivity index (χ1n) is 8.78. The van der Waals surface area contributed by atoms with Crippen LogP contribution in [0.4, 0.5) is 5.69 Å². The van der Waals surface area contributed by atoms with Gasteiger partial charge in [-0.2, -0.15) is 0 Å². The topological polar surface area (TPSA) is 59.8 Å². The van der Waals surface area contributed by atoms with Crippen molar-refractivity contribution < 1.29 is 18.7 Å². The number of ether oxygens (including phenoxy) is 1. The van der Waals surface area contributed by atoms with Crippen molar-refractivity contribution in [2.75, 3.05) is 12.0 Å². The first kappa shape index (κ1) is 20.4. The maximum atomic E-state index is 12.9. The smallest absolute Gasteiger partial charge is 0.337 e. The average molecular weight is 456 g/mol. The predicted octanol–water partition coefficient (Wildman–Crippen LogP) is 5.79. The third kappa shape index (κ3) is 4.05. The van der Waals surface area contributed by atoms with Gasteiger partial charge in [-0.3, -0.25) is 9.69 Å². The van der Waals surface area contributed by atoms with E-state index < -0.39 is 5.97 Å². The van der Waals surface area contributed by atoms with E-state index in [-0.39, 0.29) is 5.91 Å². The van der Waals surface area contributed by atoms with Gasteiger partial charge >= 0.3 is 5.97 Å². The summed E-state index contributed by atoms with van der Waals surface area (Å²) in [5.74, 6) is 0.507. The van der Waals surface area contributed by atoms with E-state index in [2.05, 4.69) is 0 Å². The van der Waals surface area contributed by atoms with E-state index in [0.717, 1.165) is 5.56 Å². The summed E-state index contributed by atoms with van der Waals surface area (Å²) in [4.78, 5) is 26.3. The minimum absolute atomic E-state index is 0.229. The summed E-state index contributed by atoms with van der Waals surface area (Å²) in [7, 11) is 1.34. The summed E-state index contributed by atoms with van der Waals surface area (Å²) in [6, 6.07) is 17.4. The molecule has 0 radical (unpaired) electrons. The first-order chi connectivity index (χ1) is 14.5. The van der Waals surface area contributed by atoms with Crippen molar-refractivity contribution >= 4 is 63.5 Å². The second-order valence-corrected chi connectivity index (χ2v) is 8.38. The number of furan rings is 1. The van der Waals surface area contributed by atoms with Crippen molar-refractivity contribution in [2.24, 2.45) is 0 Å². The van der Waals surface area contributed by atoms with Crippen LogP contribution in [-0.4, -0.2) is 23.3 Å². The number of anilines is 1. The molecule has 0 unspecified atom stereocenters. The van der Waals surface area contributed by atoms with Gasteiger partial charge in [0, 0.05) is 16.7 Å². The van der Waals surface area contributed by atoms with Crippen LogP contribution in [0.2, 0.25) is 5.02 Å². The summed E-state index contributed by atoms with van der Waals surface area (Å²) < 4.78 is 11.0. The number of thioether (sulfide) groups is 1. The number of carbonyl (C=O) groups is 2. The van der Waals surface area contributed by atoms with E-state index in [4.69, 9.17) is 33.0 Å². The van der Waals surface area contributed by atoms with Crippen LogP contribution in [0, 0.1) is 0 Å². The lowest BCUT2D eigenvalue weighted by molar-refractivity contribution is -0.113. The molecule has 150 valence electrons. The molecule has 0 N–H and O–H groups in total. The van der Waals surface area contributed by atoms with E-state index in [9.17, 15) is 9.59 Å². The Kier molecular flexibility index (Phi) is 5.76. The van der Waals surface area contributed by atoms with Gasteiger partial charge in [0.05, 0.1) is 23.3 Å². The quantitative estimate of drug-likeness (QED) is 0.282. The molecule has 3 aromatic rings. The number of halogens is 1. The third-order valence-corrected chi connectivity index (χ3v) is 5.89. The molecule has 0 saturated carbocycles. The highest BCUT2D eigenvalue weighted by molar-refractivity contribution is 8.27. The monoisotopic (exact) mass is 455 g/mol. The normalized spacial score (nSPS) is 15.1. The molecule has 2 aromatic carbocycles. The lowest BCUT2D eigenvalue weighted by atomic mass is 10.1. The Hall–Kier alpha value is -2.87. The summed E-state index contributed by atoms with van der Waals surface area (Å²) in [5.41, 5.74) is 1.88. The number of rotatable bonds is 4. The summed E-state index contributed by atoms with van der Waals surface area (Å²) in [6.07, 6.45) is 1.66.